The molecule has 0 saturated carbocycles. The fourth-order valence-corrected chi connectivity index (χ4v) is 7.28. The number of benzene rings is 1. The fraction of sp³-hybridized carbons (Fsp3) is 0.400. The van der Waals surface area contributed by atoms with Gasteiger partial charge in [-0.05, 0) is 48.4 Å². The normalized spacial score (nSPS) is 20.5. The first-order chi connectivity index (χ1) is 14.8. The first-order valence-electron chi connectivity index (χ1n) is 9.49. The number of sulfone groups is 1. The van der Waals surface area contributed by atoms with Gasteiger partial charge in [0.2, 0.25) is 5.91 Å². The van der Waals surface area contributed by atoms with Crippen molar-refractivity contribution in [2.45, 2.75) is 17.6 Å². The average molecular weight is 469 g/mol. The predicted molar refractivity (Wildman–Crippen MR) is 115 cm³/mol. The molecule has 168 valence electrons. The Morgan fingerprint density at radius 3 is 2.48 bits per heavy atom. The van der Waals surface area contributed by atoms with Gasteiger partial charge in [-0.3, -0.25) is 10.0 Å². The van der Waals surface area contributed by atoms with Crippen LogP contribution in [-0.4, -0.2) is 63.6 Å². The second-order valence-electron chi connectivity index (χ2n) is 7.12. The largest absolute Gasteiger partial charge is 0.497 e. The third kappa shape index (κ3) is 4.53. The third-order valence-corrected chi connectivity index (χ3v) is 9.39. The summed E-state index contributed by atoms with van der Waals surface area (Å²) in [6, 6.07) is 10.8. The van der Waals surface area contributed by atoms with Gasteiger partial charge < -0.3 is 14.4 Å². The summed E-state index contributed by atoms with van der Waals surface area (Å²) in [5.41, 5.74) is 2.42. The maximum Gasteiger partial charge on any atom is 0.409 e. The summed E-state index contributed by atoms with van der Waals surface area (Å²) in [5, 5.41) is 9.09. The molecule has 1 aliphatic rings. The van der Waals surface area contributed by atoms with Crippen LogP contribution in [0.4, 0.5) is 4.79 Å². The van der Waals surface area contributed by atoms with Crippen molar-refractivity contribution in [2.24, 2.45) is 0 Å². The average Bonchev–Trinajstić information content (AvgIpc) is 3.23. The van der Waals surface area contributed by atoms with Crippen LogP contribution in [0.25, 0.3) is 10.4 Å². The second-order valence-corrected chi connectivity index (χ2v) is 10.6. The number of hydrogen-bond acceptors (Lipinski definition) is 8. The van der Waals surface area contributed by atoms with Gasteiger partial charge in [0.25, 0.3) is 0 Å². The van der Waals surface area contributed by atoms with Crippen molar-refractivity contribution in [2.75, 3.05) is 33.1 Å². The highest BCUT2D eigenvalue weighted by molar-refractivity contribution is 7.92. The third-order valence-electron chi connectivity index (χ3n) is 5.44. The zero-order valence-electron chi connectivity index (χ0n) is 17.2. The van der Waals surface area contributed by atoms with Gasteiger partial charge >= 0.3 is 6.09 Å². The highest BCUT2D eigenvalue weighted by atomic mass is 32.2. The molecule has 0 aliphatic carbocycles. The van der Waals surface area contributed by atoms with E-state index in [2.05, 4.69) is 0 Å². The van der Waals surface area contributed by atoms with Crippen molar-refractivity contribution < 1.29 is 32.7 Å². The number of rotatable bonds is 5. The molecule has 31 heavy (non-hydrogen) atoms. The van der Waals surface area contributed by atoms with Crippen LogP contribution in [0.3, 0.4) is 0 Å². The van der Waals surface area contributed by atoms with E-state index < -0.39 is 33.0 Å². The van der Waals surface area contributed by atoms with Crippen molar-refractivity contribution in [1.29, 1.82) is 0 Å². The fourth-order valence-electron chi connectivity index (χ4n) is 3.67. The number of methoxy groups -OCH3 is 2. The second kappa shape index (κ2) is 9.25. The Bertz CT molecular complexity index is 1050. The standard InChI is InChI=1S/C20H24N2O7S2/c1-28-15-5-3-14(4-6-15)16-7-8-17(30-16)20(13-18(23)21-25)9-10-22(19(24)29-2)11-12-31(20,26)27/h3-8,25H,9-13H2,1-2H3,(H,21,23). The van der Waals surface area contributed by atoms with E-state index in [1.54, 1.807) is 36.9 Å². The summed E-state index contributed by atoms with van der Waals surface area (Å²) in [4.78, 5) is 26.7. The summed E-state index contributed by atoms with van der Waals surface area (Å²) in [5.74, 6) is -0.434. The Morgan fingerprint density at radius 2 is 1.87 bits per heavy atom. The highest BCUT2D eigenvalue weighted by Gasteiger charge is 2.50. The molecule has 1 unspecified atom stereocenters. The van der Waals surface area contributed by atoms with Gasteiger partial charge in [0.1, 0.15) is 10.5 Å². The Kier molecular flexibility index (Phi) is 6.87. The Labute approximate surface area is 184 Å². The number of amides is 2. The van der Waals surface area contributed by atoms with Crippen molar-refractivity contribution in [3.8, 4) is 16.2 Å². The van der Waals surface area contributed by atoms with Crippen LogP contribution in [0.2, 0.25) is 0 Å². The lowest BCUT2D eigenvalue weighted by molar-refractivity contribution is -0.129. The van der Waals surface area contributed by atoms with Crippen LogP contribution in [-0.2, 0) is 24.1 Å². The zero-order valence-corrected chi connectivity index (χ0v) is 18.8. The van der Waals surface area contributed by atoms with Gasteiger partial charge in [0.05, 0.1) is 26.4 Å². The van der Waals surface area contributed by atoms with E-state index >= 15 is 0 Å². The molecule has 2 aromatic rings. The van der Waals surface area contributed by atoms with E-state index in [-0.39, 0.29) is 25.3 Å². The Hall–Kier alpha value is -2.63. The molecule has 1 saturated heterocycles. The first kappa shape index (κ1) is 23.0. The molecule has 1 atom stereocenters. The molecule has 1 fully saturated rings. The molecule has 1 aliphatic heterocycles. The topological polar surface area (TPSA) is 122 Å². The molecule has 0 radical (unpaired) electrons. The lowest BCUT2D eigenvalue weighted by atomic mass is 9.97. The maximum atomic E-state index is 13.4. The molecule has 2 heterocycles. The van der Waals surface area contributed by atoms with Crippen molar-refractivity contribution in [3.63, 3.8) is 0 Å². The number of carbonyl (C=O) groups excluding carboxylic acids is 2. The highest BCUT2D eigenvalue weighted by Crippen LogP contribution is 2.45. The molecular weight excluding hydrogens is 444 g/mol. The predicted octanol–water partition coefficient (Wildman–Crippen LogP) is 2.40. The molecule has 3 rings (SSSR count). The Morgan fingerprint density at radius 1 is 1.16 bits per heavy atom. The van der Waals surface area contributed by atoms with E-state index in [0.29, 0.717) is 10.6 Å². The van der Waals surface area contributed by atoms with Gasteiger partial charge in [-0.1, -0.05) is 0 Å². The van der Waals surface area contributed by atoms with Crippen LogP contribution >= 0.6 is 11.3 Å². The number of nitrogens with zero attached hydrogens (tertiary/aromatic N) is 1. The lowest BCUT2D eigenvalue weighted by Crippen LogP contribution is -2.41. The van der Waals surface area contributed by atoms with Crippen LogP contribution in [0.5, 0.6) is 5.75 Å². The Balaban J connectivity index is 2.05. The van der Waals surface area contributed by atoms with Gasteiger partial charge in [-0.25, -0.2) is 18.7 Å². The van der Waals surface area contributed by atoms with Crippen molar-refractivity contribution in [1.82, 2.24) is 10.4 Å². The summed E-state index contributed by atoms with van der Waals surface area (Å²) >= 11 is 1.27. The lowest BCUT2D eigenvalue weighted by Gasteiger charge is -2.30. The molecule has 2 amide bonds. The van der Waals surface area contributed by atoms with Gasteiger partial charge in [-0.2, -0.15) is 0 Å². The molecule has 9 nitrogen and oxygen atoms in total. The molecule has 11 heteroatoms. The number of hydroxylamine groups is 1. The minimum Gasteiger partial charge on any atom is -0.497 e. The monoisotopic (exact) mass is 468 g/mol. The molecular formula is C20H24N2O7S2. The first-order valence-corrected chi connectivity index (χ1v) is 12.0. The minimum absolute atomic E-state index is 0.000416. The van der Waals surface area contributed by atoms with Gasteiger partial charge in [-0.15, -0.1) is 11.3 Å². The number of ether oxygens (including phenoxy) is 2. The number of thiophene rings is 1. The molecule has 2 N–H and O–H groups in total. The minimum atomic E-state index is -3.86. The van der Waals surface area contributed by atoms with Gasteiger partial charge in [0, 0.05) is 22.8 Å². The maximum absolute atomic E-state index is 13.4. The van der Waals surface area contributed by atoms with E-state index in [1.165, 1.54) is 23.3 Å². The summed E-state index contributed by atoms with van der Waals surface area (Å²) in [6.45, 7) is 0.0641. The molecule has 1 aromatic heterocycles. The SMILES string of the molecule is COC(=O)N1CCC(CC(=O)NO)(c2ccc(-c3ccc(OC)cc3)s2)S(=O)(=O)CC1. The van der Waals surface area contributed by atoms with Crippen LogP contribution in [0, 0.1) is 0 Å². The number of hydrogen-bond donors (Lipinski definition) is 2. The zero-order chi connectivity index (χ0) is 22.6. The number of carbonyl (C=O) groups is 2. The summed E-state index contributed by atoms with van der Waals surface area (Å²) in [7, 11) is -1.06. The smallest absolute Gasteiger partial charge is 0.409 e. The van der Waals surface area contributed by atoms with E-state index in [9.17, 15) is 18.0 Å². The van der Waals surface area contributed by atoms with Crippen LogP contribution in [0.1, 0.15) is 17.7 Å². The van der Waals surface area contributed by atoms with E-state index in [0.717, 1.165) is 10.4 Å². The van der Waals surface area contributed by atoms with Crippen LogP contribution in [0.15, 0.2) is 36.4 Å². The van der Waals surface area contributed by atoms with Crippen LogP contribution < -0.4 is 10.2 Å². The van der Waals surface area contributed by atoms with Crippen molar-refractivity contribution in [3.05, 3.63) is 41.3 Å². The molecule has 0 spiro atoms. The summed E-state index contributed by atoms with van der Waals surface area (Å²) in [6.07, 6.45) is -1.08. The number of nitrogens with one attached hydrogen (secondary N) is 1. The van der Waals surface area contributed by atoms with Crippen molar-refractivity contribution >= 4 is 33.2 Å². The van der Waals surface area contributed by atoms with E-state index in [1.807, 2.05) is 12.1 Å². The van der Waals surface area contributed by atoms with E-state index in [4.69, 9.17) is 14.7 Å². The molecule has 1 aromatic carbocycles. The summed E-state index contributed by atoms with van der Waals surface area (Å²) < 4.78 is 35.2. The molecule has 0 bridgehead atoms. The van der Waals surface area contributed by atoms with Gasteiger partial charge in [0.15, 0.2) is 9.84 Å². The quantitative estimate of drug-likeness (QED) is 0.510.